The lowest BCUT2D eigenvalue weighted by Crippen LogP contribution is -2.31. The Bertz CT molecular complexity index is 1240. The van der Waals surface area contributed by atoms with E-state index in [0.717, 1.165) is 29.7 Å². The summed E-state index contributed by atoms with van der Waals surface area (Å²) < 4.78 is 2.36. The number of nitrogens with one attached hydrogen (secondary N) is 2. The molecule has 1 aliphatic rings. The highest BCUT2D eigenvalue weighted by atomic mass is 35.5. The van der Waals surface area contributed by atoms with E-state index in [9.17, 15) is 4.79 Å². The zero-order valence-corrected chi connectivity index (χ0v) is 16.7. The van der Waals surface area contributed by atoms with Gasteiger partial charge in [-0.15, -0.1) is 0 Å². The molecule has 0 aliphatic carbocycles. The quantitative estimate of drug-likeness (QED) is 0.536. The van der Waals surface area contributed by atoms with E-state index in [2.05, 4.69) is 51.9 Å². The zero-order chi connectivity index (χ0) is 19.4. The van der Waals surface area contributed by atoms with E-state index in [0.29, 0.717) is 22.5 Å². The first kappa shape index (κ1) is 17.5. The van der Waals surface area contributed by atoms with Gasteiger partial charge in [-0.25, -0.2) is 4.98 Å². The van der Waals surface area contributed by atoms with Crippen LogP contribution in [0.15, 0.2) is 35.5 Å². The van der Waals surface area contributed by atoms with E-state index in [1.165, 1.54) is 29.8 Å². The number of fused-ring (bicyclic) bond motifs is 2. The lowest BCUT2D eigenvalue weighted by atomic mass is 10.1. The highest BCUT2D eigenvalue weighted by Gasteiger charge is 2.20. The number of likely N-dealkylation sites (tertiary alicyclic amines) is 1. The number of hydrogen-bond acceptors (Lipinski definition) is 3. The van der Waals surface area contributed by atoms with E-state index in [1.54, 1.807) is 6.07 Å². The van der Waals surface area contributed by atoms with Crippen molar-refractivity contribution >= 4 is 33.4 Å². The maximum Gasteiger partial charge on any atom is 0.260 e. The molecule has 1 aliphatic heterocycles. The standard InChI is InChI=1S/C21H22ClN5O/c1-12-15-11-27(14-4-7-26(2)8-5-14)10-13(15)9-17-19(12)25-20(24-17)18-16(22)3-6-23-21(18)28/h3,6,9-11,14H,4-5,7-8H2,1-2H3,(H,23,28)(H,24,25). The summed E-state index contributed by atoms with van der Waals surface area (Å²) in [4.78, 5) is 25.3. The highest BCUT2D eigenvalue weighted by molar-refractivity contribution is 6.33. The Morgan fingerprint density at radius 2 is 2.04 bits per heavy atom. The number of benzene rings is 1. The molecule has 5 rings (SSSR count). The Balaban J connectivity index is 1.62. The van der Waals surface area contributed by atoms with Gasteiger partial charge in [0.25, 0.3) is 5.56 Å². The van der Waals surface area contributed by atoms with Crippen molar-refractivity contribution in [3.8, 4) is 11.4 Å². The van der Waals surface area contributed by atoms with Crippen LogP contribution in [0, 0.1) is 6.92 Å². The van der Waals surface area contributed by atoms with Crippen LogP contribution in [0.3, 0.4) is 0 Å². The van der Waals surface area contributed by atoms with Gasteiger partial charge in [-0.05, 0) is 57.6 Å². The minimum atomic E-state index is -0.247. The van der Waals surface area contributed by atoms with Crippen LogP contribution in [0.4, 0.5) is 0 Å². The fourth-order valence-corrected chi connectivity index (χ4v) is 4.52. The van der Waals surface area contributed by atoms with Crippen molar-refractivity contribution in [2.75, 3.05) is 20.1 Å². The largest absolute Gasteiger partial charge is 0.350 e. The second-order valence-corrected chi connectivity index (χ2v) is 8.16. The van der Waals surface area contributed by atoms with E-state index < -0.39 is 0 Å². The molecular formula is C21H22ClN5O. The molecule has 4 aromatic rings. The summed E-state index contributed by atoms with van der Waals surface area (Å²) in [6, 6.07) is 4.33. The van der Waals surface area contributed by atoms with Gasteiger partial charge in [0, 0.05) is 35.4 Å². The number of piperidine rings is 1. The second-order valence-electron chi connectivity index (χ2n) is 7.76. The summed E-state index contributed by atoms with van der Waals surface area (Å²) in [5.74, 6) is 0.501. The first-order chi connectivity index (χ1) is 13.5. The van der Waals surface area contributed by atoms with Crippen LogP contribution in [-0.2, 0) is 0 Å². The Kier molecular flexibility index (Phi) is 4.07. The van der Waals surface area contributed by atoms with Crippen LogP contribution >= 0.6 is 11.6 Å². The van der Waals surface area contributed by atoms with Crippen molar-refractivity contribution in [1.82, 2.24) is 24.4 Å². The Morgan fingerprint density at radius 1 is 1.25 bits per heavy atom. The number of pyridine rings is 1. The van der Waals surface area contributed by atoms with Gasteiger partial charge in [-0.1, -0.05) is 11.6 Å². The Hall–Kier alpha value is -2.57. The van der Waals surface area contributed by atoms with Gasteiger partial charge in [-0.3, -0.25) is 4.79 Å². The predicted molar refractivity (Wildman–Crippen MR) is 113 cm³/mol. The molecule has 7 heteroatoms. The van der Waals surface area contributed by atoms with Gasteiger partial charge in [0.05, 0.1) is 16.1 Å². The van der Waals surface area contributed by atoms with Gasteiger partial charge in [-0.2, -0.15) is 0 Å². The molecule has 0 spiro atoms. The summed E-state index contributed by atoms with van der Waals surface area (Å²) in [7, 11) is 2.18. The van der Waals surface area contributed by atoms with Crippen LogP contribution in [0.2, 0.25) is 5.02 Å². The molecule has 6 nitrogen and oxygen atoms in total. The SMILES string of the molecule is Cc1c2cn(C3CCN(C)CC3)cc2cc2[nH]c(-c3c(Cl)cc[nH]c3=O)nc12. The number of aromatic nitrogens is 4. The number of halogens is 1. The van der Waals surface area contributed by atoms with Crippen molar-refractivity contribution in [3.63, 3.8) is 0 Å². The molecule has 3 aromatic heterocycles. The third-order valence-corrected chi connectivity index (χ3v) is 6.24. The number of aryl methyl sites for hydroxylation is 1. The molecule has 1 fully saturated rings. The van der Waals surface area contributed by atoms with E-state index >= 15 is 0 Å². The maximum atomic E-state index is 12.2. The monoisotopic (exact) mass is 395 g/mol. The molecule has 0 amide bonds. The van der Waals surface area contributed by atoms with Crippen LogP contribution in [0.5, 0.6) is 0 Å². The van der Waals surface area contributed by atoms with Crippen LogP contribution in [0.1, 0.15) is 24.4 Å². The summed E-state index contributed by atoms with van der Waals surface area (Å²) >= 11 is 6.25. The highest BCUT2D eigenvalue weighted by Crippen LogP contribution is 2.32. The molecule has 0 unspecified atom stereocenters. The topological polar surface area (TPSA) is 69.7 Å². The van der Waals surface area contributed by atoms with Gasteiger partial charge >= 0.3 is 0 Å². The Morgan fingerprint density at radius 3 is 2.79 bits per heavy atom. The fourth-order valence-electron chi connectivity index (χ4n) is 4.28. The van der Waals surface area contributed by atoms with Crippen molar-refractivity contribution in [2.45, 2.75) is 25.8 Å². The van der Waals surface area contributed by atoms with Crippen molar-refractivity contribution in [1.29, 1.82) is 0 Å². The van der Waals surface area contributed by atoms with Crippen LogP contribution < -0.4 is 5.56 Å². The molecule has 28 heavy (non-hydrogen) atoms. The molecule has 2 N–H and O–H groups in total. The first-order valence-electron chi connectivity index (χ1n) is 9.58. The summed E-state index contributed by atoms with van der Waals surface area (Å²) in [6.07, 6.45) is 8.37. The predicted octanol–water partition coefficient (Wildman–Crippen LogP) is 4.10. The number of aromatic amines is 2. The third kappa shape index (κ3) is 2.75. The maximum absolute atomic E-state index is 12.2. The summed E-state index contributed by atoms with van der Waals surface area (Å²) in [6.45, 7) is 4.36. The summed E-state index contributed by atoms with van der Waals surface area (Å²) in [5.41, 5.74) is 3.04. The molecule has 144 valence electrons. The first-order valence-corrected chi connectivity index (χ1v) is 9.95. The van der Waals surface area contributed by atoms with E-state index in [1.807, 2.05) is 0 Å². The average molecular weight is 396 g/mol. The third-order valence-electron chi connectivity index (χ3n) is 5.92. The van der Waals surface area contributed by atoms with Gasteiger partial charge < -0.3 is 19.4 Å². The number of nitrogens with zero attached hydrogens (tertiary/aromatic N) is 3. The average Bonchev–Trinajstić information content (AvgIpc) is 3.27. The second kappa shape index (κ2) is 6.50. The lowest BCUT2D eigenvalue weighted by Gasteiger charge is -2.29. The Labute approximate surface area is 167 Å². The van der Waals surface area contributed by atoms with Crippen LogP contribution in [0.25, 0.3) is 33.2 Å². The molecule has 1 aromatic carbocycles. The summed E-state index contributed by atoms with van der Waals surface area (Å²) in [5, 5.41) is 2.78. The lowest BCUT2D eigenvalue weighted by molar-refractivity contribution is 0.222. The minimum Gasteiger partial charge on any atom is -0.350 e. The van der Waals surface area contributed by atoms with Crippen molar-refractivity contribution < 1.29 is 0 Å². The minimum absolute atomic E-state index is 0.247. The number of hydrogen-bond donors (Lipinski definition) is 2. The molecule has 0 radical (unpaired) electrons. The molecule has 1 saturated heterocycles. The number of imidazole rings is 1. The van der Waals surface area contributed by atoms with Gasteiger partial charge in [0.15, 0.2) is 0 Å². The normalized spacial score (nSPS) is 16.4. The fraction of sp³-hybridized carbons (Fsp3) is 0.333. The van der Waals surface area contributed by atoms with Crippen molar-refractivity contribution in [3.05, 3.63) is 51.7 Å². The van der Waals surface area contributed by atoms with Crippen LogP contribution in [-0.4, -0.2) is 44.6 Å². The molecule has 4 heterocycles. The number of H-pyrrole nitrogens is 2. The van der Waals surface area contributed by atoms with E-state index in [-0.39, 0.29) is 5.56 Å². The smallest absolute Gasteiger partial charge is 0.260 e. The van der Waals surface area contributed by atoms with Crippen molar-refractivity contribution in [2.24, 2.45) is 0 Å². The van der Waals surface area contributed by atoms with E-state index in [4.69, 9.17) is 16.6 Å². The molecule has 0 saturated carbocycles. The molecular weight excluding hydrogens is 374 g/mol. The van der Waals surface area contributed by atoms with Gasteiger partial charge in [0.2, 0.25) is 0 Å². The zero-order valence-electron chi connectivity index (χ0n) is 15.9. The molecule has 0 atom stereocenters. The molecule has 0 bridgehead atoms. The van der Waals surface area contributed by atoms with Gasteiger partial charge in [0.1, 0.15) is 11.4 Å². The number of rotatable bonds is 2.